The summed E-state index contributed by atoms with van der Waals surface area (Å²) in [4.78, 5) is 35.8. The van der Waals surface area contributed by atoms with Gasteiger partial charge in [-0.2, -0.15) is 10.4 Å². The van der Waals surface area contributed by atoms with E-state index in [2.05, 4.69) is 27.9 Å². The summed E-state index contributed by atoms with van der Waals surface area (Å²) in [6, 6.07) is 16.4. The summed E-state index contributed by atoms with van der Waals surface area (Å²) in [5.41, 5.74) is 9.06. The van der Waals surface area contributed by atoms with Gasteiger partial charge in [0.05, 0.1) is 23.4 Å². The zero-order valence-corrected chi connectivity index (χ0v) is 21.7. The molecule has 0 saturated carbocycles. The van der Waals surface area contributed by atoms with E-state index in [1.165, 1.54) is 12.4 Å². The number of amidine groups is 1. The molecule has 3 heterocycles. The molecule has 198 valence electrons. The molecule has 1 saturated heterocycles. The Balaban J connectivity index is 1.40. The number of rotatable bonds is 6. The van der Waals surface area contributed by atoms with Crippen LogP contribution in [0, 0.1) is 17.2 Å². The van der Waals surface area contributed by atoms with Crippen molar-refractivity contribution in [3.05, 3.63) is 83.4 Å². The molecule has 10 nitrogen and oxygen atoms in total. The molecule has 2 aromatic carbocycles. The van der Waals surface area contributed by atoms with E-state index in [1.54, 1.807) is 29.2 Å². The third kappa shape index (κ3) is 5.22. The van der Waals surface area contributed by atoms with Crippen molar-refractivity contribution in [2.45, 2.75) is 38.0 Å². The number of aliphatic imine (C=N–C) groups is 2. The summed E-state index contributed by atoms with van der Waals surface area (Å²) >= 11 is 0. The number of likely N-dealkylation sites (tertiary alicyclic amines) is 1. The van der Waals surface area contributed by atoms with Gasteiger partial charge in [-0.15, -0.1) is 0 Å². The van der Waals surface area contributed by atoms with Gasteiger partial charge in [0.25, 0.3) is 5.91 Å². The fourth-order valence-corrected chi connectivity index (χ4v) is 5.27. The molecule has 39 heavy (non-hydrogen) atoms. The third-order valence-corrected chi connectivity index (χ3v) is 7.25. The number of nitrogens with two attached hydrogens (primary N) is 1. The summed E-state index contributed by atoms with van der Waals surface area (Å²) in [6.07, 6.45) is 4.54. The maximum atomic E-state index is 12.7. The summed E-state index contributed by atoms with van der Waals surface area (Å²) < 4.78 is 0. The molecule has 0 bridgehead atoms. The van der Waals surface area contributed by atoms with E-state index in [1.807, 2.05) is 36.2 Å². The Bertz CT molecular complexity index is 1450. The summed E-state index contributed by atoms with van der Waals surface area (Å²) in [5.74, 6) is -0.00142. The molecule has 0 radical (unpaired) electrons. The van der Waals surface area contributed by atoms with Crippen molar-refractivity contribution in [1.29, 1.82) is 5.26 Å². The Morgan fingerprint density at radius 3 is 2.90 bits per heavy atom. The second-order valence-electron chi connectivity index (χ2n) is 10.1. The Kier molecular flexibility index (Phi) is 7.09. The number of nitrogens with one attached hydrogen (secondary N) is 1. The Hall–Kier alpha value is -4.62. The maximum absolute atomic E-state index is 12.7. The topological polar surface area (TPSA) is 140 Å². The highest BCUT2D eigenvalue weighted by atomic mass is 16.2. The van der Waals surface area contributed by atoms with Crippen LogP contribution in [0.15, 0.2) is 76.3 Å². The second-order valence-corrected chi connectivity index (χ2v) is 10.1. The van der Waals surface area contributed by atoms with E-state index in [4.69, 9.17) is 16.1 Å². The first kappa shape index (κ1) is 26.0. The van der Waals surface area contributed by atoms with Crippen molar-refractivity contribution >= 4 is 29.7 Å². The highest BCUT2D eigenvalue weighted by molar-refractivity contribution is 6.20. The Morgan fingerprint density at radius 1 is 1.28 bits per heavy atom. The number of carbonyl (C=O) groups excluding carboxylic acids is 2. The van der Waals surface area contributed by atoms with Crippen LogP contribution in [0.1, 0.15) is 46.8 Å². The number of carbonyl (C=O) groups is 2. The zero-order chi connectivity index (χ0) is 27.6. The Morgan fingerprint density at radius 2 is 2.10 bits per heavy atom. The minimum Gasteiger partial charge on any atom is -0.348 e. The number of nitrogens with zero attached hydrogens (tertiary/aromatic N) is 6. The van der Waals surface area contributed by atoms with Crippen molar-refractivity contribution in [1.82, 2.24) is 15.2 Å². The smallest absolute Gasteiger partial charge is 0.251 e. The van der Waals surface area contributed by atoms with Gasteiger partial charge < -0.3 is 16.0 Å². The average molecular weight is 523 g/mol. The normalized spacial score (nSPS) is 23.8. The van der Waals surface area contributed by atoms with Crippen molar-refractivity contribution in [2.75, 3.05) is 13.1 Å². The van der Waals surface area contributed by atoms with Crippen molar-refractivity contribution in [2.24, 2.45) is 26.7 Å². The second kappa shape index (κ2) is 10.6. The van der Waals surface area contributed by atoms with Crippen LogP contribution in [0.2, 0.25) is 0 Å². The molecule has 0 spiro atoms. The van der Waals surface area contributed by atoms with Crippen LogP contribution in [0.25, 0.3) is 0 Å². The summed E-state index contributed by atoms with van der Waals surface area (Å²) in [5, 5.41) is 19.0. The molecule has 10 heteroatoms. The Labute approximate surface area is 227 Å². The number of benzene rings is 2. The third-order valence-electron chi connectivity index (χ3n) is 7.25. The predicted molar refractivity (Wildman–Crippen MR) is 149 cm³/mol. The van der Waals surface area contributed by atoms with Gasteiger partial charge in [-0.3, -0.25) is 14.6 Å². The molecule has 3 aliphatic heterocycles. The minimum absolute atomic E-state index is 0.0460. The lowest BCUT2D eigenvalue weighted by molar-refractivity contribution is -0.127. The van der Waals surface area contributed by atoms with Crippen LogP contribution in [0.4, 0.5) is 0 Å². The number of nitriles is 1. The van der Waals surface area contributed by atoms with Gasteiger partial charge in [0.1, 0.15) is 23.8 Å². The number of fused-ring (bicyclic) bond motifs is 1. The van der Waals surface area contributed by atoms with Gasteiger partial charge >= 0.3 is 0 Å². The first-order valence-electron chi connectivity index (χ1n) is 12.9. The van der Waals surface area contributed by atoms with E-state index in [0.717, 1.165) is 35.5 Å². The standard InChI is InChI=1S/C29H30N8O2/c1-3-24(38)36-12-6-11-23(17-36)37-27-25(29(2,31)34-18-33-27)26(35-37)21-9-5-8-20(14-21)16-32-28(39)22-10-4-7-19(13-22)15-30/h3-5,7-10,13-14,18,23,25H,1,6,11-12,16-17,31H2,2H3,(H,32,39). The van der Waals surface area contributed by atoms with Gasteiger partial charge in [-0.05, 0) is 61.2 Å². The first-order valence-corrected chi connectivity index (χ1v) is 12.9. The molecule has 3 aliphatic rings. The minimum atomic E-state index is -0.952. The van der Waals surface area contributed by atoms with Crippen molar-refractivity contribution < 1.29 is 9.59 Å². The molecule has 5 rings (SSSR count). The summed E-state index contributed by atoms with van der Waals surface area (Å²) in [6.45, 7) is 6.98. The van der Waals surface area contributed by atoms with Gasteiger partial charge in [0.2, 0.25) is 5.91 Å². The van der Waals surface area contributed by atoms with Gasteiger partial charge in [-0.1, -0.05) is 30.8 Å². The fraction of sp³-hybridized carbons (Fsp3) is 0.310. The van der Waals surface area contributed by atoms with Crippen LogP contribution < -0.4 is 11.1 Å². The molecule has 3 N–H and O–H groups in total. The predicted octanol–water partition coefficient (Wildman–Crippen LogP) is 2.42. The van der Waals surface area contributed by atoms with Crippen LogP contribution in [0.3, 0.4) is 0 Å². The molecule has 2 amide bonds. The molecule has 3 unspecified atom stereocenters. The number of hydrazone groups is 1. The first-order chi connectivity index (χ1) is 18.8. The molecule has 0 aliphatic carbocycles. The molecule has 1 fully saturated rings. The van der Waals surface area contributed by atoms with Gasteiger partial charge in [0.15, 0.2) is 0 Å². The van der Waals surface area contributed by atoms with Gasteiger partial charge in [0, 0.05) is 25.2 Å². The zero-order valence-electron chi connectivity index (χ0n) is 21.7. The number of amides is 2. The molecular weight excluding hydrogens is 492 g/mol. The van der Waals surface area contributed by atoms with Crippen LogP contribution in [-0.4, -0.2) is 64.4 Å². The van der Waals surface area contributed by atoms with Crippen LogP contribution in [0.5, 0.6) is 0 Å². The van der Waals surface area contributed by atoms with E-state index < -0.39 is 5.66 Å². The maximum Gasteiger partial charge on any atom is 0.251 e. The van der Waals surface area contributed by atoms with E-state index in [9.17, 15) is 9.59 Å². The SMILES string of the molecule is C=CC(=O)N1CCCC(N2N=C(c3cccc(CNC(=O)c4cccc(C#N)c4)c3)C3C2=NC=NC3(C)N)C1. The monoisotopic (exact) mass is 522 g/mol. The quantitative estimate of drug-likeness (QED) is 0.561. The van der Waals surface area contributed by atoms with Crippen molar-refractivity contribution in [3.63, 3.8) is 0 Å². The highest BCUT2D eigenvalue weighted by Gasteiger charge is 2.48. The molecule has 2 aromatic rings. The fourth-order valence-electron chi connectivity index (χ4n) is 5.27. The average Bonchev–Trinajstić information content (AvgIpc) is 3.37. The molecule has 3 atom stereocenters. The lowest BCUT2D eigenvalue weighted by Crippen LogP contribution is -2.55. The summed E-state index contributed by atoms with van der Waals surface area (Å²) in [7, 11) is 0. The molecule has 0 aromatic heterocycles. The van der Waals surface area contributed by atoms with E-state index >= 15 is 0 Å². The number of hydrogen-bond donors (Lipinski definition) is 2. The van der Waals surface area contributed by atoms with Crippen LogP contribution in [-0.2, 0) is 11.3 Å². The van der Waals surface area contributed by atoms with Crippen LogP contribution >= 0.6 is 0 Å². The highest BCUT2D eigenvalue weighted by Crippen LogP contribution is 2.35. The number of hydrogen-bond acceptors (Lipinski definition) is 8. The largest absolute Gasteiger partial charge is 0.348 e. The van der Waals surface area contributed by atoms with Crippen molar-refractivity contribution in [3.8, 4) is 6.07 Å². The molecular formula is C29H30N8O2. The lowest BCUT2D eigenvalue weighted by atomic mass is 9.85. The lowest BCUT2D eigenvalue weighted by Gasteiger charge is -2.38. The van der Waals surface area contributed by atoms with E-state index in [-0.39, 0.29) is 23.8 Å². The van der Waals surface area contributed by atoms with E-state index in [0.29, 0.717) is 30.8 Å². The number of piperidine rings is 1. The van der Waals surface area contributed by atoms with Gasteiger partial charge in [-0.25, -0.2) is 10.0 Å².